The smallest absolute Gasteiger partial charge is 0.375 e. The van der Waals surface area contributed by atoms with Crippen LogP contribution in [0.3, 0.4) is 0 Å². The van der Waals surface area contributed by atoms with Crippen LogP contribution in [0, 0.1) is 0 Å². The van der Waals surface area contributed by atoms with Crippen LogP contribution in [0.2, 0.25) is 0 Å². The molecule has 0 aromatic carbocycles. The van der Waals surface area contributed by atoms with Gasteiger partial charge in [0.1, 0.15) is 11.5 Å². The molecule has 0 saturated carbocycles. The molecule has 9 nitrogen and oxygen atoms in total. The highest BCUT2D eigenvalue weighted by Crippen LogP contribution is 2.25. The van der Waals surface area contributed by atoms with Crippen LogP contribution >= 0.6 is 0 Å². The minimum Gasteiger partial charge on any atom is -0.375 e. The maximum Gasteiger partial charge on any atom is 0.530 e. The van der Waals surface area contributed by atoms with E-state index in [1.807, 2.05) is 13.8 Å². The molecule has 11 heteroatoms. The second kappa shape index (κ2) is 15.0. The normalized spacial score (nSPS) is 18.1. The highest BCUT2D eigenvalue weighted by atomic mass is 28.4. The average molecular weight is 472 g/mol. The predicted octanol–water partition coefficient (Wildman–Crippen LogP) is 2.30. The molecule has 0 aliphatic rings. The molecule has 0 saturated heterocycles. The van der Waals surface area contributed by atoms with Crippen molar-refractivity contribution >= 4 is 17.6 Å². The predicted molar refractivity (Wildman–Crippen MR) is 120 cm³/mol. The third kappa shape index (κ3) is 7.59. The highest BCUT2D eigenvalue weighted by molar-refractivity contribution is 6.62. The fourth-order valence-electron chi connectivity index (χ4n) is 3.55. The molecule has 0 aliphatic carbocycles. The van der Waals surface area contributed by atoms with Gasteiger partial charge in [-0.05, 0) is 26.7 Å². The zero-order chi connectivity index (χ0) is 23.4. The van der Waals surface area contributed by atoms with Gasteiger partial charge >= 0.3 is 17.6 Å². The van der Waals surface area contributed by atoms with E-state index in [0.717, 1.165) is 25.7 Å². The molecule has 0 amide bonds. The van der Waals surface area contributed by atoms with Gasteiger partial charge in [0.25, 0.3) is 0 Å². The Labute approximate surface area is 185 Å². The Morgan fingerprint density at radius 3 is 1.07 bits per heavy atom. The summed E-state index contributed by atoms with van der Waals surface area (Å²) < 4.78 is 46.4. The van der Waals surface area contributed by atoms with Crippen molar-refractivity contribution in [3.63, 3.8) is 0 Å². The van der Waals surface area contributed by atoms with Crippen LogP contribution in [0.15, 0.2) is 0 Å². The van der Waals surface area contributed by atoms with E-state index in [0.29, 0.717) is 0 Å². The molecule has 30 heavy (non-hydrogen) atoms. The molecular weight excluding hydrogens is 426 g/mol. The van der Waals surface area contributed by atoms with E-state index < -0.39 is 23.7 Å². The maximum atomic E-state index is 6.52. The number of rotatable bonds is 18. The molecule has 0 bridgehead atoms. The Hall–Kier alpha value is 0.0738. The molecule has 4 atom stereocenters. The van der Waals surface area contributed by atoms with Gasteiger partial charge in [-0.15, -0.1) is 0 Å². The molecule has 2 N–H and O–H groups in total. The van der Waals surface area contributed by atoms with Crippen LogP contribution in [0.25, 0.3) is 0 Å². The summed E-state index contributed by atoms with van der Waals surface area (Å²) in [6, 6.07) is -0.404. The first-order valence-corrected chi connectivity index (χ1v) is 14.2. The summed E-state index contributed by atoms with van der Waals surface area (Å²) >= 11 is 0. The lowest BCUT2D eigenvalue weighted by molar-refractivity contribution is -0.0789. The van der Waals surface area contributed by atoms with Gasteiger partial charge in [-0.25, -0.2) is 0 Å². The number of ether oxygens (including phenoxy) is 2. The van der Waals surface area contributed by atoms with Gasteiger partial charge in [-0.3, -0.25) is 0 Å². The van der Waals surface area contributed by atoms with E-state index in [1.54, 1.807) is 42.7 Å². The monoisotopic (exact) mass is 471 g/mol. The third-order valence-electron chi connectivity index (χ3n) is 5.44. The van der Waals surface area contributed by atoms with Crippen LogP contribution in [-0.2, 0) is 36.0 Å². The fourth-order valence-corrected chi connectivity index (χ4v) is 8.18. The molecule has 0 aromatic rings. The zero-order valence-electron chi connectivity index (χ0n) is 20.6. The third-order valence-corrected chi connectivity index (χ3v) is 11.3. The molecule has 0 aromatic heterocycles. The van der Waals surface area contributed by atoms with Gasteiger partial charge in [0, 0.05) is 42.7 Å². The van der Waals surface area contributed by atoms with Gasteiger partial charge in [-0.1, -0.05) is 26.7 Å². The van der Waals surface area contributed by atoms with E-state index in [2.05, 4.69) is 13.8 Å². The van der Waals surface area contributed by atoms with Gasteiger partial charge < -0.3 is 41.8 Å². The van der Waals surface area contributed by atoms with Gasteiger partial charge in [0.2, 0.25) is 0 Å². The van der Waals surface area contributed by atoms with E-state index in [4.69, 9.17) is 41.8 Å². The molecule has 0 rings (SSSR count). The minimum absolute atomic E-state index is 0.324. The number of hydrogen-bond donors (Lipinski definition) is 1. The molecule has 182 valence electrons. The van der Waals surface area contributed by atoms with Crippen molar-refractivity contribution in [2.75, 3.05) is 42.7 Å². The maximum absolute atomic E-state index is 6.52. The van der Waals surface area contributed by atoms with E-state index in [1.165, 1.54) is 0 Å². The summed E-state index contributed by atoms with van der Waals surface area (Å²) in [6.07, 6.45) is 2.61. The topological polar surface area (TPSA) is 99.9 Å². The minimum atomic E-state index is -2.97. The Morgan fingerprint density at radius 1 is 0.600 bits per heavy atom. The molecule has 4 unspecified atom stereocenters. The van der Waals surface area contributed by atoms with E-state index in [-0.39, 0.29) is 23.7 Å². The zero-order valence-corrected chi connectivity index (χ0v) is 22.6. The highest BCUT2D eigenvalue weighted by Gasteiger charge is 2.51. The number of nitrogens with two attached hydrogens (primary N) is 1. The molecular formula is C19H45NO8Si2. The van der Waals surface area contributed by atoms with Crippen LogP contribution in [0.5, 0.6) is 0 Å². The van der Waals surface area contributed by atoms with Crippen molar-refractivity contribution in [2.24, 2.45) is 5.73 Å². The molecule has 0 spiro atoms. The molecule has 0 heterocycles. The van der Waals surface area contributed by atoms with E-state index in [9.17, 15) is 0 Å². The Bertz CT molecular complexity index is 386. The van der Waals surface area contributed by atoms with Gasteiger partial charge in [-0.2, -0.15) is 0 Å². The van der Waals surface area contributed by atoms with Crippen molar-refractivity contribution in [3.8, 4) is 0 Å². The first-order valence-electron chi connectivity index (χ1n) is 10.6. The quantitative estimate of drug-likeness (QED) is 0.302. The summed E-state index contributed by atoms with van der Waals surface area (Å²) in [5, 5.41) is 0. The standard InChI is InChI=1S/C19H45NO8Si2/c1-11-13-17(29(21-5,22-6)23-7)27-15(3)19(20)16(4)28-18(14-12-2)30(24-8,25-9)26-10/h15-19H,11-14,20H2,1-10H3. The Kier molecular flexibility index (Phi) is 15.0. The van der Waals surface area contributed by atoms with Gasteiger partial charge in [0.15, 0.2) is 0 Å². The largest absolute Gasteiger partial charge is 0.530 e. The summed E-state index contributed by atoms with van der Waals surface area (Å²) in [5.41, 5.74) is 5.87. The second-order valence-electron chi connectivity index (χ2n) is 7.25. The first kappa shape index (κ1) is 30.1. The second-order valence-corrected chi connectivity index (χ2v) is 13.4. The first-order chi connectivity index (χ1) is 14.2. The van der Waals surface area contributed by atoms with E-state index >= 15 is 0 Å². The Balaban J connectivity index is 5.38. The van der Waals surface area contributed by atoms with Crippen molar-refractivity contribution < 1.29 is 36.0 Å². The van der Waals surface area contributed by atoms with Gasteiger partial charge in [0.05, 0.1) is 18.2 Å². The van der Waals surface area contributed by atoms with Crippen molar-refractivity contribution in [3.05, 3.63) is 0 Å². The number of hydrogen-bond acceptors (Lipinski definition) is 9. The lowest BCUT2D eigenvalue weighted by Crippen LogP contribution is -2.60. The average Bonchev–Trinajstić information content (AvgIpc) is 2.76. The Morgan fingerprint density at radius 2 is 0.867 bits per heavy atom. The molecule has 0 radical (unpaired) electrons. The van der Waals surface area contributed by atoms with Crippen molar-refractivity contribution in [1.29, 1.82) is 0 Å². The summed E-state index contributed by atoms with van der Waals surface area (Å²) in [5.74, 6) is 0. The SMILES string of the molecule is CCCC(OC(C)C(N)C(C)OC(CCC)[Si](OC)(OC)OC)[Si](OC)(OC)OC. The van der Waals surface area contributed by atoms with Crippen LogP contribution in [0.1, 0.15) is 53.4 Å². The van der Waals surface area contributed by atoms with Crippen LogP contribution < -0.4 is 5.73 Å². The lowest BCUT2D eigenvalue weighted by Gasteiger charge is -2.38. The summed E-state index contributed by atoms with van der Waals surface area (Å²) in [4.78, 5) is 0. The molecule has 0 aliphatic heterocycles. The van der Waals surface area contributed by atoms with Crippen molar-refractivity contribution in [2.45, 2.75) is 83.1 Å². The molecule has 0 fully saturated rings. The van der Waals surface area contributed by atoms with Crippen LogP contribution in [0.4, 0.5) is 0 Å². The summed E-state index contributed by atoms with van der Waals surface area (Å²) in [7, 11) is 3.56. The summed E-state index contributed by atoms with van der Waals surface area (Å²) in [6.45, 7) is 8.00. The van der Waals surface area contributed by atoms with Crippen LogP contribution in [-0.4, -0.2) is 90.0 Å². The van der Waals surface area contributed by atoms with Crippen molar-refractivity contribution in [1.82, 2.24) is 0 Å². The lowest BCUT2D eigenvalue weighted by atomic mass is 10.1. The fraction of sp³-hybridized carbons (Fsp3) is 1.00.